The van der Waals surface area contributed by atoms with Crippen LogP contribution in [-0.4, -0.2) is 30.5 Å². The summed E-state index contributed by atoms with van der Waals surface area (Å²) in [6.45, 7) is 0.294. The number of amides is 1. The summed E-state index contributed by atoms with van der Waals surface area (Å²) in [5.41, 5.74) is 2.00. The first-order valence-electron chi connectivity index (χ1n) is 8.13. The Morgan fingerprint density at radius 1 is 1.00 bits per heavy atom. The third-order valence-corrected chi connectivity index (χ3v) is 4.88. The van der Waals surface area contributed by atoms with Gasteiger partial charge in [0.1, 0.15) is 0 Å². The number of anilines is 2. The van der Waals surface area contributed by atoms with E-state index < -0.39 is 9.84 Å². The second-order valence-corrected chi connectivity index (χ2v) is 7.89. The fourth-order valence-electron chi connectivity index (χ4n) is 2.37. The molecule has 3 rings (SSSR count). The zero-order valence-corrected chi connectivity index (χ0v) is 15.4. The van der Waals surface area contributed by atoms with Crippen LogP contribution in [0.4, 0.5) is 11.6 Å². The number of hydrogen-bond acceptors (Lipinski definition) is 6. The third-order valence-electron chi connectivity index (χ3n) is 3.75. The Morgan fingerprint density at radius 2 is 1.70 bits per heavy atom. The van der Waals surface area contributed by atoms with Crippen LogP contribution in [0.25, 0.3) is 0 Å². The van der Waals surface area contributed by atoms with Gasteiger partial charge in [0.25, 0.3) is 5.91 Å². The molecular formula is C19H18N4O3S. The Kier molecular flexibility index (Phi) is 5.46. The zero-order chi connectivity index (χ0) is 19.3. The minimum Gasteiger partial charge on any atom is -0.348 e. The molecule has 0 saturated carbocycles. The highest BCUT2D eigenvalue weighted by molar-refractivity contribution is 7.90. The molecule has 138 valence electrons. The van der Waals surface area contributed by atoms with Gasteiger partial charge in [-0.3, -0.25) is 4.79 Å². The molecule has 3 aromatic rings. The average molecular weight is 382 g/mol. The number of carbonyl (C=O) groups excluding carboxylic acids is 1. The lowest BCUT2D eigenvalue weighted by Crippen LogP contribution is -2.22. The number of sulfone groups is 1. The monoisotopic (exact) mass is 382 g/mol. The number of nitrogens with zero attached hydrogens (tertiary/aromatic N) is 2. The molecule has 27 heavy (non-hydrogen) atoms. The molecule has 0 fully saturated rings. The highest BCUT2D eigenvalue weighted by atomic mass is 32.2. The summed E-state index contributed by atoms with van der Waals surface area (Å²) in [6.07, 6.45) is 4.41. The lowest BCUT2D eigenvalue weighted by molar-refractivity contribution is 0.0951. The summed E-state index contributed by atoms with van der Waals surface area (Å²) >= 11 is 0. The van der Waals surface area contributed by atoms with E-state index in [1.54, 1.807) is 48.8 Å². The molecule has 0 aliphatic carbocycles. The normalized spacial score (nSPS) is 11.0. The number of benzene rings is 2. The van der Waals surface area contributed by atoms with Gasteiger partial charge in [-0.2, -0.15) is 0 Å². The summed E-state index contributed by atoms with van der Waals surface area (Å²) in [5.74, 6) is 0.209. The Hall–Kier alpha value is -3.26. The molecule has 0 radical (unpaired) electrons. The Balaban J connectivity index is 1.63. The predicted molar refractivity (Wildman–Crippen MR) is 102 cm³/mol. The topological polar surface area (TPSA) is 101 Å². The van der Waals surface area contributed by atoms with Crippen molar-refractivity contribution >= 4 is 27.4 Å². The molecule has 0 bridgehead atoms. The van der Waals surface area contributed by atoms with E-state index in [0.717, 1.165) is 11.8 Å². The van der Waals surface area contributed by atoms with Gasteiger partial charge in [-0.05, 0) is 42.0 Å². The maximum atomic E-state index is 12.4. The van der Waals surface area contributed by atoms with Crippen molar-refractivity contribution in [2.45, 2.75) is 11.4 Å². The summed E-state index contributed by atoms with van der Waals surface area (Å²) in [7, 11) is -3.23. The molecule has 0 saturated heterocycles. The maximum absolute atomic E-state index is 12.4. The Morgan fingerprint density at radius 3 is 2.37 bits per heavy atom. The molecule has 0 aliphatic rings. The van der Waals surface area contributed by atoms with Crippen LogP contribution in [0, 0.1) is 0 Å². The molecule has 0 aliphatic heterocycles. The summed E-state index contributed by atoms with van der Waals surface area (Å²) in [5, 5.41) is 5.85. The SMILES string of the molecule is CS(=O)(=O)c1ccc(CNC(=O)c2cccc(Nc3ncccn3)c2)cc1. The van der Waals surface area contributed by atoms with Crippen LogP contribution in [0.2, 0.25) is 0 Å². The van der Waals surface area contributed by atoms with E-state index in [4.69, 9.17) is 0 Å². The first kappa shape index (κ1) is 18.5. The standard InChI is InChI=1S/C19H18N4O3S/c1-27(25,26)17-8-6-14(7-9-17)13-22-18(24)15-4-2-5-16(12-15)23-19-20-10-3-11-21-19/h2-12H,13H2,1H3,(H,22,24)(H,20,21,23). The quantitative estimate of drug-likeness (QED) is 0.679. The van der Waals surface area contributed by atoms with Gasteiger partial charge in [0, 0.05) is 36.4 Å². The van der Waals surface area contributed by atoms with Crippen molar-refractivity contribution in [1.29, 1.82) is 0 Å². The molecule has 0 spiro atoms. The smallest absolute Gasteiger partial charge is 0.251 e. The fraction of sp³-hybridized carbons (Fsp3) is 0.105. The van der Waals surface area contributed by atoms with Crippen molar-refractivity contribution in [2.24, 2.45) is 0 Å². The van der Waals surface area contributed by atoms with Gasteiger partial charge in [0.05, 0.1) is 4.90 Å². The van der Waals surface area contributed by atoms with E-state index in [1.807, 2.05) is 6.07 Å². The van der Waals surface area contributed by atoms with Crippen molar-refractivity contribution in [2.75, 3.05) is 11.6 Å². The minimum atomic E-state index is -3.23. The Bertz CT molecular complexity index is 1040. The van der Waals surface area contributed by atoms with Crippen LogP contribution in [-0.2, 0) is 16.4 Å². The van der Waals surface area contributed by atoms with E-state index in [0.29, 0.717) is 23.7 Å². The largest absolute Gasteiger partial charge is 0.348 e. The number of rotatable bonds is 6. The van der Waals surface area contributed by atoms with Gasteiger partial charge in [-0.15, -0.1) is 0 Å². The first-order chi connectivity index (χ1) is 12.9. The molecule has 1 heterocycles. The van der Waals surface area contributed by atoms with Crippen molar-refractivity contribution in [3.63, 3.8) is 0 Å². The summed E-state index contributed by atoms with van der Waals surface area (Å²) in [4.78, 5) is 20.8. The van der Waals surface area contributed by atoms with Crippen LogP contribution >= 0.6 is 0 Å². The molecule has 0 atom stereocenters. The van der Waals surface area contributed by atoms with Gasteiger partial charge in [-0.25, -0.2) is 18.4 Å². The second-order valence-electron chi connectivity index (χ2n) is 5.88. The average Bonchev–Trinajstić information content (AvgIpc) is 2.67. The second kappa shape index (κ2) is 7.96. The van der Waals surface area contributed by atoms with Gasteiger partial charge in [-0.1, -0.05) is 18.2 Å². The van der Waals surface area contributed by atoms with Crippen LogP contribution < -0.4 is 10.6 Å². The molecule has 7 nitrogen and oxygen atoms in total. The van der Waals surface area contributed by atoms with Gasteiger partial charge < -0.3 is 10.6 Å². The van der Waals surface area contributed by atoms with E-state index >= 15 is 0 Å². The first-order valence-corrected chi connectivity index (χ1v) is 10.0. The number of hydrogen-bond donors (Lipinski definition) is 2. The van der Waals surface area contributed by atoms with Crippen molar-refractivity contribution in [3.05, 3.63) is 78.1 Å². The van der Waals surface area contributed by atoms with Crippen LogP contribution in [0.3, 0.4) is 0 Å². The van der Waals surface area contributed by atoms with Gasteiger partial charge in [0.15, 0.2) is 9.84 Å². The molecular weight excluding hydrogens is 364 g/mol. The van der Waals surface area contributed by atoms with Crippen molar-refractivity contribution < 1.29 is 13.2 Å². The maximum Gasteiger partial charge on any atom is 0.251 e. The number of carbonyl (C=O) groups is 1. The zero-order valence-electron chi connectivity index (χ0n) is 14.6. The molecule has 2 aromatic carbocycles. The highest BCUT2D eigenvalue weighted by Gasteiger charge is 2.09. The highest BCUT2D eigenvalue weighted by Crippen LogP contribution is 2.15. The lowest BCUT2D eigenvalue weighted by Gasteiger charge is -2.08. The predicted octanol–water partition coefficient (Wildman–Crippen LogP) is 2.55. The third kappa shape index (κ3) is 5.11. The van der Waals surface area contributed by atoms with E-state index in [1.165, 1.54) is 12.1 Å². The van der Waals surface area contributed by atoms with E-state index in [2.05, 4.69) is 20.6 Å². The molecule has 0 unspecified atom stereocenters. The minimum absolute atomic E-state index is 0.236. The molecule has 2 N–H and O–H groups in total. The fourth-order valence-corrected chi connectivity index (χ4v) is 3.00. The number of aromatic nitrogens is 2. The van der Waals surface area contributed by atoms with Gasteiger partial charge in [0.2, 0.25) is 5.95 Å². The molecule has 1 amide bonds. The van der Waals surface area contributed by atoms with E-state index in [9.17, 15) is 13.2 Å². The molecule has 1 aromatic heterocycles. The Labute approximate surface area is 157 Å². The lowest BCUT2D eigenvalue weighted by atomic mass is 10.1. The van der Waals surface area contributed by atoms with Crippen molar-refractivity contribution in [1.82, 2.24) is 15.3 Å². The van der Waals surface area contributed by atoms with Gasteiger partial charge >= 0.3 is 0 Å². The molecule has 8 heteroatoms. The van der Waals surface area contributed by atoms with Crippen molar-refractivity contribution in [3.8, 4) is 0 Å². The van der Waals surface area contributed by atoms with Crippen LogP contribution in [0.15, 0.2) is 71.9 Å². The van der Waals surface area contributed by atoms with E-state index in [-0.39, 0.29) is 10.8 Å². The van der Waals surface area contributed by atoms with Crippen LogP contribution in [0.5, 0.6) is 0 Å². The summed E-state index contributed by atoms with van der Waals surface area (Å²) < 4.78 is 22.9. The number of nitrogens with one attached hydrogen (secondary N) is 2. The van der Waals surface area contributed by atoms with Crippen LogP contribution in [0.1, 0.15) is 15.9 Å². The summed E-state index contributed by atoms with van der Waals surface area (Å²) in [6, 6.07) is 15.1.